The average molecular weight is 341 g/mol. The molecule has 1 fully saturated rings. The third-order valence-electron chi connectivity index (χ3n) is 3.64. The molecule has 1 aliphatic heterocycles. The highest BCUT2D eigenvalue weighted by Crippen LogP contribution is 2.21. The van der Waals surface area contributed by atoms with Crippen molar-refractivity contribution >= 4 is 21.6 Å². The molecule has 128 valence electrons. The van der Waals surface area contributed by atoms with Crippen molar-refractivity contribution < 1.29 is 17.9 Å². The van der Waals surface area contributed by atoms with Crippen LogP contribution >= 0.6 is 0 Å². The van der Waals surface area contributed by atoms with Crippen LogP contribution in [0.15, 0.2) is 29.2 Å². The van der Waals surface area contributed by atoms with E-state index in [-0.39, 0.29) is 16.9 Å². The van der Waals surface area contributed by atoms with E-state index in [1.54, 1.807) is 12.1 Å². The molecular formula is C15H23N3O4S. The first-order valence-electron chi connectivity index (χ1n) is 7.72. The molecule has 2 atom stereocenters. The predicted octanol–water partition coefficient (Wildman–Crippen LogP) is 0.820. The molecule has 0 radical (unpaired) electrons. The molecule has 0 spiro atoms. The quantitative estimate of drug-likeness (QED) is 0.680. The van der Waals surface area contributed by atoms with Crippen LogP contribution in [0.25, 0.3) is 0 Å². The Hall–Kier alpha value is -1.48. The fourth-order valence-electron chi connectivity index (χ4n) is 2.33. The minimum Gasteiger partial charge on any atom is -0.364 e. The first-order chi connectivity index (χ1) is 11.0. The maximum atomic E-state index is 12.1. The van der Waals surface area contributed by atoms with Gasteiger partial charge in [0.2, 0.25) is 10.0 Å². The van der Waals surface area contributed by atoms with Gasteiger partial charge in [-0.3, -0.25) is 4.79 Å². The fourth-order valence-corrected chi connectivity index (χ4v) is 3.47. The molecule has 1 aromatic rings. The molecule has 1 aliphatic rings. The molecule has 1 saturated heterocycles. The summed E-state index contributed by atoms with van der Waals surface area (Å²) in [5.74, 6) is -0.235. The van der Waals surface area contributed by atoms with E-state index >= 15 is 0 Å². The van der Waals surface area contributed by atoms with Crippen molar-refractivity contribution in [3.05, 3.63) is 24.3 Å². The van der Waals surface area contributed by atoms with Crippen LogP contribution in [-0.4, -0.2) is 39.6 Å². The van der Waals surface area contributed by atoms with E-state index in [0.717, 1.165) is 12.8 Å². The Kier molecular flexibility index (Phi) is 6.11. The fraction of sp³-hybridized carbons (Fsp3) is 0.533. The summed E-state index contributed by atoms with van der Waals surface area (Å²) in [6.45, 7) is 2.69. The van der Waals surface area contributed by atoms with E-state index in [2.05, 4.69) is 10.0 Å². The van der Waals surface area contributed by atoms with Gasteiger partial charge in [-0.15, -0.1) is 0 Å². The standard InChI is InChI=1S/C15H23N3O4S/c1-2-9-17-23(20,21)13-6-3-11(4-7-13)18-15(19)14-8-5-12(10-16)22-14/h3-4,6-7,12,14,17H,2,5,8-10,16H2,1H3,(H,18,19)/t12-,14+/m1/s1. The Balaban J connectivity index is 1.96. The Labute approximate surface area is 136 Å². The number of nitrogens with one attached hydrogen (secondary N) is 2. The Morgan fingerprint density at radius 1 is 1.30 bits per heavy atom. The van der Waals surface area contributed by atoms with Crippen molar-refractivity contribution in [1.82, 2.24) is 4.72 Å². The van der Waals surface area contributed by atoms with Gasteiger partial charge in [-0.05, 0) is 43.5 Å². The number of carbonyl (C=O) groups is 1. The van der Waals surface area contributed by atoms with Crippen molar-refractivity contribution in [2.24, 2.45) is 5.73 Å². The molecule has 0 bridgehead atoms. The second-order valence-corrected chi connectivity index (χ2v) is 7.24. The summed E-state index contributed by atoms with van der Waals surface area (Å²) in [5, 5.41) is 2.73. The predicted molar refractivity (Wildman–Crippen MR) is 87.5 cm³/mol. The lowest BCUT2D eigenvalue weighted by Gasteiger charge is -2.13. The first kappa shape index (κ1) is 17.9. The second-order valence-electron chi connectivity index (χ2n) is 5.47. The Morgan fingerprint density at radius 3 is 2.57 bits per heavy atom. The number of hydrogen-bond acceptors (Lipinski definition) is 5. The van der Waals surface area contributed by atoms with Crippen molar-refractivity contribution in [2.45, 2.75) is 43.3 Å². The van der Waals surface area contributed by atoms with Crippen LogP contribution in [0.5, 0.6) is 0 Å². The van der Waals surface area contributed by atoms with Crippen LogP contribution in [0.3, 0.4) is 0 Å². The van der Waals surface area contributed by atoms with Crippen LogP contribution in [0.4, 0.5) is 5.69 Å². The molecule has 1 aromatic carbocycles. The van der Waals surface area contributed by atoms with Crippen molar-refractivity contribution in [1.29, 1.82) is 0 Å². The van der Waals surface area contributed by atoms with Crippen LogP contribution < -0.4 is 15.8 Å². The van der Waals surface area contributed by atoms with E-state index in [9.17, 15) is 13.2 Å². The van der Waals surface area contributed by atoms with Gasteiger partial charge in [-0.2, -0.15) is 0 Å². The highest BCUT2D eigenvalue weighted by atomic mass is 32.2. The lowest BCUT2D eigenvalue weighted by atomic mass is 10.2. The van der Waals surface area contributed by atoms with Crippen molar-refractivity contribution in [3.63, 3.8) is 0 Å². The summed E-state index contributed by atoms with van der Waals surface area (Å²) >= 11 is 0. The maximum absolute atomic E-state index is 12.1. The molecule has 7 nitrogen and oxygen atoms in total. The molecule has 8 heteroatoms. The number of anilines is 1. The summed E-state index contributed by atoms with van der Waals surface area (Å²) in [5.41, 5.74) is 6.05. The number of benzene rings is 1. The molecular weight excluding hydrogens is 318 g/mol. The number of sulfonamides is 1. The average Bonchev–Trinajstić information content (AvgIpc) is 3.03. The number of carbonyl (C=O) groups excluding carboxylic acids is 1. The summed E-state index contributed by atoms with van der Waals surface area (Å²) < 4.78 is 32.0. The largest absolute Gasteiger partial charge is 0.364 e. The zero-order valence-electron chi connectivity index (χ0n) is 13.1. The Bertz CT molecular complexity index is 631. The monoisotopic (exact) mass is 341 g/mol. The topological polar surface area (TPSA) is 111 Å². The normalized spacial score (nSPS) is 21.3. The zero-order chi connectivity index (χ0) is 16.9. The molecule has 0 aliphatic carbocycles. The van der Waals surface area contributed by atoms with Gasteiger partial charge in [-0.25, -0.2) is 13.1 Å². The van der Waals surface area contributed by atoms with Gasteiger partial charge in [0.15, 0.2) is 0 Å². The molecule has 23 heavy (non-hydrogen) atoms. The van der Waals surface area contributed by atoms with E-state index in [0.29, 0.717) is 25.2 Å². The lowest BCUT2D eigenvalue weighted by molar-refractivity contribution is -0.126. The third-order valence-corrected chi connectivity index (χ3v) is 5.11. The number of ether oxygens (including phenoxy) is 1. The van der Waals surface area contributed by atoms with Gasteiger partial charge in [-0.1, -0.05) is 6.92 Å². The van der Waals surface area contributed by atoms with E-state index in [4.69, 9.17) is 10.5 Å². The number of rotatable bonds is 7. The highest BCUT2D eigenvalue weighted by Gasteiger charge is 2.29. The molecule has 1 heterocycles. The van der Waals surface area contributed by atoms with Gasteiger partial charge in [0.25, 0.3) is 5.91 Å². The first-order valence-corrected chi connectivity index (χ1v) is 9.20. The van der Waals surface area contributed by atoms with E-state index in [1.807, 2.05) is 6.92 Å². The van der Waals surface area contributed by atoms with Gasteiger partial charge in [0, 0.05) is 18.8 Å². The van der Waals surface area contributed by atoms with Crippen molar-refractivity contribution in [2.75, 3.05) is 18.4 Å². The smallest absolute Gasteiger partial charge is 0.253 e. The summed E-state index contributed by atoms with van der Waals surface area (Å²) in [6.07, 6.45) is 1.57. The minimum absolute atomic E-state index is 0.0668. The highest BCUT2D eigenvalue weighted by molar-refractivity contribution is 7.89. The molecule has 4 N–H and O–H groups in total. The van der Waals surface area contributed by atoms with Gasteiger partial charge in [0.1, 0.15) is 6.10 Å². The lowest BCUT2D eigenvalue weighted by Crippen LogP contribution is -2.29. The molecule has 0 aromatic heterocycles. The second kappa shape index (κ2) is 7.87. The van der Waals surface area contributed by atoms with Gasteiger partial charge < -0.3 is 15.8 Å². The minimum atomic E-state index is -3.50. The van der Waals surface area contributed by atoms with Gasteiger partial charge >= 0.3 is 0 Å². The van der Waals surface area contributed by atoms with Gasteiger partial charge in [0.05, 0.1) is 11.0 Å². The zero-order valence-corrected chi connectivity index (χ0v) is 13.9. The maximum Gasteiger partial charge on any atom is 0.253 e. The molecule has 1 amide bonds. The molecule has 0 unspecified atom stereocenters. The van der Waals surface area contributed by atoms with Crippen LogP contribution in [0, 0.1) is 0 Å². The summed E-state index contributed by atoms with van der Waals surface area (Å²) in [4.78, 5) is 12.3. The van der Waals surface area contributed by atoms with Crippen LogP contribution in [-0.2, 0) is 19.6 Å². The summed E-state index contributed by atoms with van der Waals surface area (Å²) in [7, 11) is -3.50. The van der Waals surface area contributed by atoms with E-state index < -0.39 is 16.1 Å². The number of hydrogen-bond donors (Lipinski definition) is 3. The molecule has 2 rings (SSSR count). The number of amides is 1. The third kappa shape index (κ3) is 4.74. The number of nitrogens with two attached hydrogens (primary N) is 1. The summed E-state index contributed by atoms with van der Waals surface area (Å²) in [6, 6.07) is 6.05. The van der Waals surface area contributed by atoms with Crippen LogP contribution in [0.1, 0.15) is 26.2 Å². The molecule has 0 saturated carbocycles. The van der Waals surface area contributed by atoms with Crippen LogP contribution in [0.2, 0.25) is 0 Å². The van der Waals surface area contributed by atoms with E-state index in [1.165, 1.54) is 12.1 Å². The van der Waals surface area contributed by atoms with Crippen molar-refractivity contribution in [3.8, 4) is 0 Å². The SMILES string of the molecule is CCCNS(=O)(=O)c1ccc(NC(=O)[C@@H]2CC[C@H](CN)O2)cc1. The Morgan fingerprint density at radius 2 is 2.00 bits per heavy atom.